The van der Waals surface area contributed by atoms with Crippen LogP contribution < -0.4 is 10.0 Å². The number of aromatic nitrogens is 1. The Balaban J connectivity index is 1.61. The fraction of sp³-hybridized carbons (Fsp3) is 0.520. The normalized spacial score (nSPS) is 22.3. The van der Waals surface area contributed by atoms with E-state index in [1.54, 1.807) is 18.1 Å². The number of ether oxygens (including phenoxy) is 1. The lowest BCUT2D eigenvalue weighted by atomic mass is 9.75. The summed E-state index contributed by atoms with van der Waals surface area (Å²) in [5.74, 6) is -3.26. The summed E-state index contributed by atoms with van der Waals surface area (Å²) in [6, 6.07) is 4.98. The number of rotatable bonds is 9. The smallest absolute Gasteiger partial charge is 0.230 e. The first-order chi connectivity index (χ1) is 16.7. The highest BCUT2D eigenvalue weighted by Crippen LogP contribution is 2.39. The molecule has 2 heterocycles. The molecule has 0 bridgehead atoms. The van der Waals surface area contributed by atoms with Gasteiger partial charge >= 0.3 is 0 Å². The molecule has 1 aromatic carbocycles. The lowest BCUT2D eigenvalue weighted by Crippen LogP contribution is -2.55. The van der Waals surface area contributed by atoms with Crippen molar-refractivity contribution in [3.05, 3.63) is 69.1 Å². The highest BCUT2D eigenvalue weighted by atomic mass is 35.5. The monoisotopic (exact) mass is 509 g/mol. The van der Waals surface area contributed by atoms with Crippen LogP contribution in [0.4, 0.5) is 8.78 Å². The van der Waals surface area contributed by atoms with Crippen molar-refractivity contribution in [3.8, 4) is 0 Å². The zero-order valence-electron chi connectivity index (χ0n) is 19.6. The van der Waals surface area contributed by atoms with Crippen molar-refractivity contribution in [3.63, 3.8) is 0 Å². The van der Waals surface area contributed by atoms with E-state index in [-0.39, 0.29) is 42.0 Å². The molecule has 0 spiro atoms. The van der Waals surface area contributed by atoms with Crippen molar-refractivity contribution in [1.82, 2.24) is 10.2 Å². The number of hydrogen-bond acceptors (Lipinski definition) is 5. The number of carbonyl (C=O) groups excluding carboxylic acids is 1. The number of nitrogens with one attached hydrogen (secondary N) is 1. The van der Waals surface area contributed by atoms with Gasteiger partial charge in [-0.15, -0.1) is 0 Å². The number of aryl methyl sites for hydroxylation is 1. The summed E-state index contributed by atoms with van der Waals surface area (Å²) in [5.41, 5.74) is -0.292. The molecule has 1 aliphatic carbocycles. The zero-order chi connectivity index (χ0) is 25.2. The summed E-state index contributed by atoms with van der Waals surface area (Å²) >= 11 is 6.38. The van der Waals surface area contributed by atoms with Crippen LogP contribution in [0.3, 0.4) is 0 Å². The largest absolute Gasteiger partial charge is 0.618 e. The van der Waals surface area contributed by atoms with Crippen LogP contribution in [0.15, 0.2) is 30.5 Å². The minimum Gasteiger partial charge on any atom is -0.618 e. The average Bonchev–Trinajstić information content (AvgIpc) is 3.67. The van der Waals surface area contributed by atoms with Crippen LogP contribution in [0.2, 0.25) is 5.02 Å². The Hall–Kier alpha value is -2.33. The number of carbonyl (C=O) groups is 1. The number of aliphatic hydroxyl groups is 1. The molecule has 35 heavy (non-hydrogen) atoms. The Labute approximate surface area is 208 Å². The van der Waals surface area contributed by atoms with Crippen molar-refractivity contribution in [2.24, 2.45) is 5.92 Å². The van der Waals surface area contributed by atoms with Crippen LogP contribution >= 0.6 is 11.6 Å². The maximum absolute atomic E-state index is 14.0. The van der Waals surface area contributed by atoms with E-state index in [4.69, 9.17) is 16.3 Å². The lowest BCUT2D eigenvalue weighted by Gasteiger charge is -2.42. The SMILES string of the molecule is COCCCc1cc(CN(C(=O)[C@H]2CNCC[C@]2(O)c2ccc(F)c(F)c2)C2CC2)c(Cl)c[n+]1[O-]. The van der Waals surface area contributed by atoms with Gasteiger partial charge in [0.1, 0.15) is 10.6 Å². The molecule has 190 valence electrons. The zero-order valence-corrected chi connectivity index (χ0v) is 20.4. The van der Waals surface area contributed by atoms with Crippen molar-refractivity contribution < 1.29 is 28.1 Å². The Kier molecular flexibility index (Phi) is 7.90. The molecule has 1 amide bonds. The van der Waals surface area contributed by atoms with E-state index in [1.165, 1.54) is 12.3 Å². The summed E-state index contributed by atoms with van der Waals surface area (Å²) in [6.07, 6.45) is 4.29. The molecular formula is C25H30ClF2N3O4. The van der Waals surface area contributed by atoms with Gasteiger partial charge in [-0.1, -0.05) is 17.7 Å². The average molecular weight is 510 g/mol. The quantitative estimate of drug-likeness (QED) is 0.308. The number of amides is 1. The van der Waals surface area contributed by atoms with E-state index in [9.17, 15) is 23.9 Å². The minimum absolute atomic E-state index is 0.00813. The number of piperidine rings is 1. The van der Waals surface area contributed by atoms with E-state index >= 15 is 0 Å². The van der Waals surface area contributed by atoms with E-state index < -0.39 is 23.2 Å². The summed E-state index contributed by atoms with van der Waals surface area (Å²) in [6.45, 7) is 1.33. The molecule has 10 heteroatoms. The molecular weight excluding hydrogens is 480 g/mol. The van der Waals surface area contributed by atoms with Crippen molar-refractivity contribution in [2.45, 2.75) is 50.3 Å². The molecule has 1 aliphatic heterocycles. The molecule has 2 aliphatic rings. The van der Waals surface area contributed by atoms with E-state index in [2.05, 4.69) is 5.32 Å². The van der Waals surface area contributed by atoms with Gasteiger partial charge in [0.25, 0.3) is 0 Å². The first-order valence-electron chi connectivity index (χ1n) is 11.8. The summed E-state index contributed by atoms with van der Waals surface area (Å²) in [5, 5.41) is 27.3. The molecule has 2 N–H and O–H groups in total. The first kappa shape index (κ1) is 25.8. The first-order valence-corrected chi connectivity index (χ1v) is 12.2. The number of pyridine rings is 1. The Morgan fingerprint density at radius 3 is 2.80 bits per heavy atom. The van der Waals surface area contributed by atoms with Gasteiger partial charge in [-0.3, -0.25) is 4.79 Å². The van der Waals surface area contributed by atoms with Crippen LogP contribution in [-0.4, -0.2) is 48.8 Å². The van der Waals surface area contributed by atoms with Gasteiger partial charge in [-0.2, -0.15) is 4.73 Å². The van der Waals surface area contributed by atoms with Gasteiger partial charge in [0, 0.05) is 50.9 Å². The molecule has 4 rings (SSSR count). The van der Waals surface area contributed by atoms with Gasteiger partial charge in [0.05, 0.1) is 5.92 Å². The number of halogens is 3. The third-order valence-corrected chi connectivity index (χ3v) is 7.22. The Bertz CT molecular complexity index is 1080. The predicted octanol–water partition coefficient (Wildman–Crippen LogP) is 2.82. The van der Waals surface area contributed by atoms with E-state index in [0.29, 0.717) is 37.3 Å². The number of benzene rings is 1. The minimum atomic E-state index is -1.64. The van der Waals surface area contributed by atoms with Crippen LogP contribution in [0.25, 0.3) is 0 Å². The second kappa shape index (κ2) is 10.7. The highest BCUT2D eigenvalue weighted by Gasteiger charge is 2.48. The molecule has 2 fully saturated rings. The molecule has 2 aromatic rings. The van der Waals surface area contributed by atoms with Gasteiger partial charge < -0.3 is 25.3 Å². The van der Waals surface area contributed by atoms with Gasteiger partial charge in [0.2, 0.25) is 5.91 Å². The fourth-order valence-corrected chi connectivity index (χ4v) is 4.93. The number of hydrogen-bond donors (Lipinski definition) is 2. The third-order valence-electron chi connectivity index (χ3n) is 6.88. The summed E-state index contributed by atoms with van der Waals surface area (Å²) in [4.78, 5) is 15.5. The number of nitrogens with zero attached hydrogens (tertiary/aromatic N) is 2. The van der Waals surface area contributed by atoms with Crippen LogP contribution in [-0.2, 0) is 28.1 Å². The van der Waals surface area contributed by atoms with Crippen molar-refractivity contribution in [1.29, 1.82) is 0 Å². The summed E-state index contributed by atoms with van der Waals surface area (Å²) < 4.78 is 33.3. The standard InChI is InChI=1S/C25H30ClF2N3O4/c1-35-10-2-3-19-11-16(21(26)15-31(19)34)14-30(18-5-6-18)24(32)20-13-29-9-8-25(20,33)17-4-7-22(27)23(28)12-17/h4,7,11-12,15,18,20,29,33H,2-3,5-6,8-10,13-14H2,1H3/t20-,25+/m1/s1. The molecule has 7 nitrogen and oxygen atoms in total. The third kappa shape index (κ3) is 5.58. The Morgan fingerprint density at radius 1 is 1.34 bits per heavy atom. The maximum atomic E-state index is 14.0. The molecule has 1 saturated heterocycles. The van der Waals surface area contributed by atoms with E-state index in [1.807, 2.05) is 0 Å². The highest BCUT2D eigenvalue weighted by molar-refractivity contribution is 6.31. The summed E-state index contributed by atoms with van der Waals surface area (Å²) in [7, 11) is 1.60. The van der Waals surface area contributed by atoms with Crippen LogP contribution in [0.5, 0.6) is 0 Å². The van der Waals surface area contributed by atoms with Gasteiger partial charge in [-0.05, 0) is 49.9 Å². The van der Waals surface area contributed by atoms with E-state index in [0.717, 1.165) is 29.7 Å². The van der Waals surface area contributed by atoms with Crippen LogP contribution in [0, 0.1) is 22.8 Å². The molecule has 1 saturated carbocycles. The number of methoxy groups -OCH3 is 1. The Morgan fingerprint density at radius 2 is 2.11 bits per heavy atom. The van der Waals surface area contributed by atoms with Gasteiger partial charge in [-0.25, -0.2) is 8.78 Å². The lowest BCUT2D eigenvalue weighted by molar-refractivity contribution is -0.614. The molecule has 2 atom stereocenters. The van der Waals surface area contributed by atoms with Gasteiger partial charge in [0.15, 0.2) is 23.5 Å². The topological polar surface area (TPSA) is 88.7 Å². The van der Waals surface area contributed by atoms with Crippen molar-refractivity contribution >= 4 is 17.5 Å². The van der Waals surface area contributed by atoms with Crippen LogP contribution in [0.1, 0.15) is 42.5 Å². The molecule has 1 aromatic heterocycles. The fourth-order valence-electron chi connectivity index (χ4n) is 4.73. The van der Waals surface area contributed by atoms with Crippen molar-refractivity contribution in [2.75, 3.05) is 26.8 Å². The molecule has 0 radical (unpaired) electrons. The second-order valence-corrected chi connectivity index (χ2v) is 9.72. The maximum Gasteiger partial charge on any atom is 0.230 e. The predicted molar refractivity (Wildman–Crippen MR) is 125 cm³/mol. The molecule has 0 unspecified atom stereocenters. The second-order valence-electron chi connectivity index (χ2n) is 9.32.